The van der Waals surface area contributed by atoms with Gasteiger partial charge in [-0.1, -0.05) is 71.6 Å². The number of benzene rings is 1. The molecular formula is C25H43NO2. The molecular weight excluding hydrogens is 346 g/mol. The highest BCUT2D eigenvalue weighted by Gasteiger charge is 2.36. The van der Waals surface area contributed by atoms with E-state index in [-0.39, 0.29) is 5.60 Å². The Balaban J connectivity index is 1.79. The first-order valence-corrected chi connectivity index (χ1v) is 11.8. The fraction of sp³-hybridized carbons (Fsp3) is 0.760. The first kappa shape index (κ1) is 23.1. The van der Waals surface area contributed by atoms with Crippen molar-refractivity contribution in [1.29, 1.82) is 0 Å². The molecule has 0 spiro atoms. The predicted molar refractivity (Wildman–Crippen MR) is 120 cm³/mol. The van der Waals surface area contributed by atoms with Gasteiger partial charge in [-0.15, -0.1) is 0 Å². The lowest BCUT2D eigenvalue weighted by molar-refractivity contribution is -0.00845. The lowest BCUT2D eigenvalue weighted by Gasteiger charge is -2.38. The van der Waals surface area contributed by atoms with Crippen molar-refractivity contribution in [3.05, 3.63) is 23.8 Å². The standard InChI is InChI=1S/C25H43NO2/c1-4-6-8-10-11-12-13-17-25(3)20-23(27)22-19-21(15-16-24(22)28-25)26-18-14-9-7-5-2/h15-16,19,23,26-27H,4-14,17-18,20H2,1-3H3. The Kier molecular flexibility index (Phi) is 10.2. The molecule has 1 aromatic carbocycles. The van der Waals surface area contributed by atoms with Gasteiger partial charge in [0.1, 0.15) is 11.4 Å². The van der Waals surface area contributed by atoms with Gasteiger partial charge in [-0.2, -0.15) is 0 Å². The van der Waals surface area contributed by atoms with Crippen molar-refractivity contribution < 1.29 is 9.84 Å². The van der Waals surface area contributed by atoms with Crippen LogP contribution in [-0.2, 0) is 0 Å². The number of aliphatic hydroxyl groups is 1. The molecule has 3 heteroatoms. The number of hydrogen-bond acceptors (Lipinski definition) is 3. The zero-order valence-electron chi connectivity index (χ0n) is 18.6. The largest absolute Gasteiger partial charge is 0.487 e. The summed E-state index contributed by atoms with van der Waals surface area (Å²) < 4.78 is 6.36. The van der Waals surface area contributed by atoms with Crippen molar-refractivity contribution >= 4 is 5.69 Å². The Morgan fingerprint density at radius 1 is 0.964 bits per heavy atom. The minimum Gasteiger partial charge on any atom is -0.487 e. The van der Waals surface area contributed by atoms with Crippen molar-refractivity contribution in [3.63, 3.8) is 0 Å². The van der Waals surface area contributed by atoms with Gasteiger partial charge in [0.2, 0.25) is 0 Å². The highest BCUT2D eigenvalue weighted by molar-refractivity contribution is 5.53. The molecule has 0 aliphatic carbocycles. The number of ether oxygens (including phenoxy) is 1. The molecule has 2 rings (SSSR count). The third-order valence-electron chi connectivity index (χ3n) is 6.02. The monoisotopic (exact) mass is 389 g/mol. The van der Waals surface area contributed by atoms with Crippen LogP contribution in [0.2, 0.25) is 0 Å². The van der Waals surface area contributed by atoms with E-state index in [0.29, 0.717) is 6.42 Å². The molecule has 0 aromatic heterocycles. The van der Waals surface area contributed by atoms with E-state index >= 15 is 0 Å². The van der Waals surface area contributed by atoms with Gasteiger partial charge in [0.25, 0.3) is 0 Å². The normalized spacial score (nSPS) is 21.2. The van der Waals surface area contributed by atoms with Crippen LogP contribution in [0.1, 0.15) is 116 Å². The van der Waals surface area contributed by atoms with E-state index in [9.17, 15) is 5.11 Å². The van der Waals surface area contributed by atoms with Gasteiger partial charge in [-0.3, -0.25) is 0 Å². The molecule has 0 fully saturated rings. The molecule has 2 atom stereocenters. The van der Waals surface area contributed by atoms with E-state index in [1.165, 1.54) is 70.6 Å². The van der Waals surface area contributed by atoms with Crippen molar-refractivity contribution in [2.24, 2.45) is 0 Å². The molecule has 1 aromatic rings. The quantitative estimate of drug-likeness (QED) is 0.326. The number of nitrogens with one attached hydrogen (secondary N) is 1. The molecule has 1 heterocycles. The number of anilines is 1. The summed E-state index contributed by atoms with van der Waals surface area (Å²) in [5.41, 5.74) is 1.79. The number of unbranched alkanes of at least 4 members (excludes halogenated alkanes) is 9. The third-order valence-corrected chi connectivity index (χ3v) is 6.02. The number of fused-ring (bicyclic) bond motifs is 1. The summed E-state index contributed by atoms with van der Waals surface area (Å²) in [7, 11) is 0. The molecule has 0 amide bonds. The maximum Gasteiger partial charge on any atom is 0.126 e. The average molecular weight is 390 g/mol. The average Bonchev–Trinajstić information content (AvgIpc) is 2.67. The first-order chi connectivity index (χ1) is 13.6. The summed E-state index contributed by atoms with van der Waals surface area (Å²) in [6, 6.07) is 6.20. The topological polar surface area (TPSA) is 41.5 Å². The maximum atomic E-state index is 10.8. The van der Waals surface area contributed by atoms with E-state index in [1.807, 2.05) is 6.07 Å². The Labute approximate surface area is 173 Å². The molecule has 2 unspecified atom stereocenters. The lowest BCUT2D eigenvalue weighted by atomic mass is 9.86. The summed E-state index contributed by atoms with van der Waals surface area (Å²) in [6.07, 6.45) is 15.5. The van der Waals surface area contributed by atoms with E-state index < -0.39 is 6.10 Å². The fourth-order valence-electron chi connectivity index (χ4n) is 4.23. The van der Waals surface area contributed by atoms with E-state index in [0.717, 1.165) is 30.0 Å². The van der Waals surface area contributed by atoms with E-state index in [2.05, 4.69) is 38.2 Å². The van der Waals surface area contributed by atoms with Crippen LogP contribution in [0.25, 0.3) is 0 Å². The van der Waals surface area contributed by atoms with E-state index in [4.69, 9.17) is 4.74 Å². The zero-order valence-corrected chi connectivity index (χ0v) is 18.6. The van der Waals surface area contributed by atoms with Crippen molar-refractivity contribution in [3.8, 4) is 5.75 Å². The smallest absolute Gasteiger partial charge is 0.126 e. The summed E-state index contributed by atoms with van der Waals surface area (Å²) in [5, 5.41) is 14.2. The van der Waals surface area contributed by atoms with Crippen LogP contribution in [0.4, 0.5) is 5.69 Å². The Morgan fingerprint density at radius 3 is 2.32 bits per heavy atom. The van der Waals surface area contributed by atoms with Crippen LogP contribution in [0.3, 0.4) is 0 Å². The van der Waals surface area contributed by atoms with Crippen molar-refractivity contribution in [2.75, 3.05) is 11.9 Å². The van der Waals surface area contributed by atoms with Crippen LogP contribution in [0, 0.1) is 0 Å². The van der Waals surface area contributed by atoms with Gasteiger partial charge in [-0.25, -0.2) is 0 Å². The minimum absolute atomic E-state index is 0.245. The molecule has 1 aliphatic heterocycles. The number of rotatable bonds is 14. The van der Waals surface area contributed by atoms with Gasteiger partial charge in [0.15, 0.2) is 0 Å². The van der Waals surface area contributed by atoms with Crippen LogP contribution >= 0.6 is 0 Å². The SMILES string of the molecule is CCCCCCCCCC1(C)CC(O)c2cc(NCCCCCC)ccc2O1. The Morgan fingerprint density at radius 2 is 1.61 bits per heavy atom. The molecule has 3 nitrogen and oxygen atoms in total. The lowest BCUT2D eigenvalue weighted by Crippen LogP contribution is -2.38. The van der Waals surface area contributed by atoms with Crippen molar-refractivity contribution in [2.45, 2.75) is 116 Å². The second-order valence-corrected chi connectivity index (χ2v) is 8.88. The first-order valence-electron chi connectivity index (χ1n) is 11.8. The minimum atomic E-state index is -0.430. The van der Waals surface area contributed by atoms with Gasteiger partial charge < -0.3 is 15.2 Å². The zero-order chi connectivity index (χ0) is 20.2. The molecule has 160 valence electrons. The molecule has 28 heavy (non-hydrogen) atoms. The van der Waals surface area contributed by atoms with Gasteiger partial charge >= 0.3 is 0 Å². The van der Waals surface area contributed by atoms with E-state index in [1.54, 1.807) is 0 Å². The number of aliphatic hydroxyl groups excluding tert-OH is 1. The Hall–Kier alpha value is -1.22. The van der Waals surface area contributed by atoms with Gasteiger partial charge in [0, 0.05) is 24.2 Å². The maximum absolute atomic E-state index is 10.8. The number of hydrogen-bond donors (Lipinski definition) is 2. The summed E-state index contributed by atoms with van der Waals surface area (Å²) >= 11 is 0. The summed E-state index contributed by atoms with van der Waals surface area (Å²) in [4.78, 5) is 0. The third kappa shape index (κ3) is 7.66. The fourth-order valence-corrected chi connectivity index (χ4v) is 4.23. The van der Waals surface area contributed by atoms with Crippen LogP contribution in [-0.4, -0.2) is 17.3 Å². The molecule has 0 radical (unpaired) electrons. The molecule has 0 bridgehead atoms. The predicted octanol–water partition coefficient (Wildman–Crippen LogP) is 7.39. The van der Waals surface area contributed by atoms with Crippen LogP contribution in [0.5, 0.6) is 5.75 Å². The Bertz CT molecular complexity index is 559. The summed E-state index contributed by atoms with van der Waals surface area (Å²) in [5.74, 6) is 0.862. The molecule has 1 aliphatic rings. The highest BCUT2D eigenvalue weighted by Crippen LogP contribution is 2.42. The second-order valence-electron chi connectivity index (χ2n) is 8.88. The van der Waals surface area contributed by atoms with Crippen LogP contribution < -0.4 is 10.1 Å². The molecule has 0 saturated heterocycles. The van der Waals surface area contributed by atoms with Crippen LogP contribution in [0.15, 0.2) is 18.2 Å². The molecule has 0 saturated carbocycles. The highest BCUT2D eigenvalue weighted by atomic mass is 16.5. The van der Waals surface area contributed by atoms with Gasteiger partial charge in [-0.05, 0) is 44.4 Å². The molecule has 2 N–H and O–H groups in total. The summed E-state index contributed by atoms with van der Waals surface area (Å²) in [6.45, 7) is 7.65. The van der Waals surface area contributed by atoms with Crippen molar-refractivity contribution in [1.82, 2.24) is 0 Å². The van der Waals surface area contributed by atoms with Gasteiger partial charge in [0.05, 0.1) is 6.10 Å². The second kappa shape index (κ2) is 12.4.